The van der Waals surface area contributed by atoms with E-state index in [1.165, 1.54) is 0 Å². The zero-order valence-electron chi connectivity index (χ0n) is 22.8. The van der Waals surface area contributed by atoms with Crippen molar-refractivity contribution in [1.82, 2.24) is 14.7 Å². The number of carbonyl (C=O) groups is 1. The molecule has 1 aliphatic carbocycles. The molecule has 0 amide bonds. The van der Waals surface area contributed by atoms with Crippen LogP contribution < -0.4 is 0 Å². The maximum atomic E-state index is 14.0. The van der Waals surface area contributed by atoms with Crippen molar-refractivity contribution < 1.29 is 27.2 Å². The van der Waals surface area contributed by atoms with Crippen molar-refractivity contribution in [2.75, 3.05) is 0 Å². The molecule has 1 atom stereocenters. The van der Waals surface area contributed by atoms with E-state index in [0.717, 1.165) is 61.3 Å². The first-order chi connectivity index (χ1) is 19.0. The second-order valence-electron chi connectivity index (χ2n) is 12.0. The van der Waals surface area contributed by atoms with E-state index < -0.39 is 17.3 Å². The molecule has 1 aliphatic heterocycles. The first-order valence-electron chi connectivity index (χ1n) is 13.9. The van der Waals surface area contributed by atoms with Crippen LogP contribution in [-0.2, 0) is 22.3 Å². The number of ether oxygens (including phenoxy) is 1. The SMILES string of the molecule is CC(C)(C)OC(=O)CC1CCn2c1cc1cc(-c3noc(-c4ccc(C5CCCC5)c(C(F)(F)F)c4)n3)ccc12. The van der Waals surface area contributed by atoms with Gasteiger partial charge in [0.05, 0.1) is 12.0 Å². The number of benzene rings is 2. The van der Waals surface area contributed by atoms with Crippen LogP contribution in [0.5, 0.6) is 0 Å². The van der Waals surface area contributed by atoms with E-state index in [2.05, 4.69) is 20.8 Å². The molecular weight excluding hydrogens is 519 g/mol. The third-order valence-electron chi connectivity index (χ3n) is 7.97. The number of hydrogen-bond donors (Lipinski definition) is 0. The van der Waals surface area contributed by atoms with E-state index in [4.69, 9.17) is 9.26 Å². The predicted octanol–water partition coefficient (Wildman–Crippen LogP) is 8.25. The second-order valence-corrected chi connectivity index (χ2v) is 12.0. The Morgan fingerprint density at radius 1 is 1.02 bits per heavy atom. The second kappa shape index (κ2) is 9.78. The van der Waals surface area contributed by atoms with E-state index in [1.807, 2.05) is 39.0 Å². The zero-order valence-corrected chi connectivity index (χ0v) is 22.8. The van der Waals surface area contributed by atoms with Gasteiger partial charge in [0.25, 0.3) is 5.89 Å². The van der Waals surface area contributed by atoms with E-state index in [1.54, 1.807) is 12.1 Å². The molecule has 0 radical (unpaired) electrons. The average molecular weight is 552 g/mol. The number of aryl methyl sites for hydroxylation is 1. The summed E-state index contributed by atoms with van der Waals surface area (Å²) < 4.78 is 55.1. The third kappa shape index (κ3) is 5.13. The molecule has 1 saturated carbocycles. The van der Waals surface area contributed by atoms with Crippen LogP contribution in [-0.4, -0.2) is 26.3 Å². The molecule has 40 heavy (non-hydrogen) atoms. The van der Waals surface area contributed by atoms with Gasteiger partial charge in [-0.1, -0.05) is 24.1 Å². The van der Waals surface area contributed by atoms with Crippen LogP contribution in [0.3, 0.4) is 0 Å². The number of carbonyl (C=O) groups excluding carboxylic acids is 1. The summed E-state index contributed by atoms with van der Waals surface area (Å²) in [4.78, 5) is 16.9. The molecule has 3 heterocycles. The van der Waals surface area contributed by atoms with Gasteiger partial charge in [-0.05, 0) is 87.9 Å². The van der Waals surface area contributed by atoms with Gasteiger partial charge in [0.1, 0.15) is 5.60 Å². The minimum atomic E-state index is -4.46. The Morgan fingerprint density at radius 3 is 2.50 bits per heavy atom. The summed E-state index contributed by atoms with van der Waals surface area (Å²) in [6.45, 7) is 6.41. The first-order valence-corrected chi connectivity index (χ1v) is 13.9. The lowest BCUT2D eigenvalue weighted by Gasteiger charge is -2.20. The fourth-order valence-electron chi connectivity index (χ4n) is 6.23. The van der Waals surface area contributed by atoms with Crippen molar-refractivity contribution in [2.45, 2.75) is 89.5 Å². The number of aromatic nitrogens is 3. The van der Waals surface area contributed by atoms with Gasteiger partial charge < -0.3 is 13.8 Å². The highest BCUT2D eigenvalue weighted by molar-refractivity contribution is 5.86. The lowest BCUT2D eigenvalue weighted by molar-refractivity contribution is -0.155. The van der Waals surface area contributed by atoms with Gasteiger partial charge in [-0.3, -0.25) is 4.79 Å². The predicted molar refractivity (Wildman–Crippen MR) is 145 cm³/mol. The molecule has 0 spiro atoms. The van der Waals surface area contributed by atoms with Gasteiger partial charge in [-0.2, -0.15) is 18.2 Å². The largest absolute Gasteiger partial charge is 0.460 e. The van der Waals surface area contributed by atoms with Crippen molar-refractivity contribution in [3.63, 3.8) is 0 Å². The van der Waals surface area contributed by atoms with E-state index in [9.17, 15) is 18.0 Å². The van der Waals surface area contributed by atoms with E-state index in [-0.39, 0.29) is 29.3 Å². The van der Waals surface area contributed by atoms with Crippen LogP contribution in [0.15, 0.2) is 47.0 Å². The van der Waals surface area contributed by atoms with Crippen LogP contribution in [0.4, 0.5) is 13.2 Å². The van der Waals surface area contributed by atoms with Crippen molar-refractivity contribution in [1.29, 1.82) is 0 Å². The Hall–Kier alpha value is -3.62. The summed E-state index contributed by atoms with van der Waals surface area (Å²) in [6, 6.07) is 12.3. The number of fused-ring (bicyclic) bond motifs is 3. The lowest BCUT2D eigenvalue weighted by Crippen LogP contribution is -2.24. The summed E-state index contributed by atoms with van der Waals surface area (Å²) in [5, 5.41) is 5.06. The Bertz CT molecular complexity index is 1570. The number of alkyl halides is 3. The topological polar surface area (TPSA) is 70.2 Å². The fraction of sp³-hybridized carbons (Fsp3) is 0.452. The summed E-state index contributed by atoms with van der Waals surface area (Å²) in [5.74, 6) is 0.166. The van der Waals surface area contributed by atoms with Crippen molar-refractivity contribution >= 4 is 16.9 Å². The maximum Gasteiger partial charge on any atom is 0.416 e. The van der Waals surface area contributed by atoms with E-state index >= 15 is 0 Å². The van der Waals surface area contributed by atoms with Gasteiger partial charge >= 0.3 is 12.1 Å². The Labute approximate surface area is 230 Å². The standard InChI is InChI=1S/C31H32F3N3O3/c1-30(2,3)39-27(38)17-19-12-13-37-25-11-9-20(14-22(25)16-26(19)37)28-35-29(40-36-28)21-8-10-23(18-6-4-5-7-18)24(15-21)31(32,33)34/h8-11,14-16,18-19H,4-7,12-13,17H2,1-3H3. The van der Waals surface area contributed by atoms with Crippen LogP contribution in [0.25, 0.3) is 33.7 Å². The normalized spacial score (nSPS) is 18.0. The Balaban J connectivity index is 1.26. The van der Waals surface area contributed by atoms with E-state index in [0.29, 0.717) is 23.4 Å². The minimum absolute atomic E-state index is 0.0513. The molecule has 2 aromatic heterocycles. The fourth-order valence-corrected chi connectivity index (χ4v) is 6.23. The van der Waals surface area contributed by atoms with Crippen molar-refractivity contribution in [3.05, 3.63) is 59.3 Å². The first kappa shape index (κ1) is 26.6. The molecule has 2 aliphatic rings. The Kier molecular flexibility index (Phi) is 6.50. The number of hydrogen-bond acceptors (Lipinski definition) is 5. The van der Waals surface area contributed by atoms with Crippen molar-refractivity contribution in [2.24, 2.45) is 0 Å². The van der Waals surface area contributed by atoms with Gasteiger partial charge in [0.15, 0.2) is 0 Å². The molecule has 1 unspecified atom stereocenters. The monoisotopic (exact) mass is 551 g/mol. The molecule has 0 N–H and O–H groups in total. The van der Waals surface area contributed by atoms with Gasteiger partial charge in [0.2, 0.25) is 5.82 Å². The minimum Gasteiger partial charge on any atom is -0.460 e. The molecule has 9 heteroatoms. The highest BCUT2D eigenvalue weighted by Crippen LogP contribution is 2.43. The molecule has 1 fully saturated rings. The summed E-state index contributed by atoms with van der Waals surface area (Å²) >= 11 is 0. The quantitative estimate of drug-likeness (QED) is 0.234. The van der Waals surface area contributed by atoms with Crippen LogP contribution in [0.2, 0.25) is 0 Å². The van der Waals surface area contributed by atoms with Crippen LogP contribution >= 0.6 is 0 Å². The van der Waals surface area contributed by atoms with Crippen LogP contribution in [0.1, 0.15) is 88.0 Å². The maximum absolute atomic E-state index is 14.0. The average Bonchev–Trinajstić information content (AvgIpc) is 3.67. The highest BCUT2D eigenvalue weighted by Gasteiger charge is 2.36. The summed E-state index contributed by atoms with van der Waals surface area (Å²) in [7, 11) is 0. The number of halogens is 3. The molecule has 0 saturated heterocycles. The molecular formula is C31H32F3N3O3. The lowest BCUT2D eigenvalue weighted by atomic mass is 9.91. The summed E-state index contributed by atoms with van der Waals surface area (Å²) in [5.41, 5.74) is 2.30. The van der Waals surface area contributed by atoms with Gasteiger partial charge in [0, 0.05) is 40.2 Å². The number of esters is 1. The van der Waals surface area contributed by atoms with Gasteiger partial charge in [-0.25, -0.2) is 0 Å². The Morgan fingerprint density at radius 2 is 1.77 bits per heavy atom. The molecule has 6 nitrogen and oxygen atoms in total. The zero-order chi connectivity index (χ0) is 28.2. The molecule has 2 aromatic carbocycles. The number of nitrogens with zero attached hydrogens (tertiary/aromatic N) is 3. The van der Waals surface area contributed by atoms with Crippen molar-refractivity contribution in [3.8, 4) is 22.8 Å². The third-order valence-corrected chi connectivity index (χ3v) is 7.97. The summed E-state index contributed by atoms with van der Waals surface area (Å²) in [6.07, 6.45) is 0.210. The van der Waals surface area contributed by atoms with Gasteiger partial charge in [-0.15, -0.1) is 0 Å². The van der Waals surface area contributed by atoms with Crippen LogP contribution in [0, 0.1) is 0 Å². The molecule has 0 bridgehead atoms. The highest BCUT2D eigenvalue weighted by atomic mass is 19.4. The number of rotatable bonds is 5. The molecule has 210 valence electrons. The molecule has 4 aromatic rings. The smallest absolute Gasteiger partial charge is 0.416 e. The molecule has 6 rings (SSSR count).